The first-order valence-electron chi connectivity index (χ1n) is 5.23. The van der Waals surface area contributed by atoms with Crippen molar-refractivity contribution < 1.29 is 9.90 Å². The third-order valence-corrected chi connectivity index (χ3v) is 3.25. The highest BCUT2D eigenvalue weighted by Gasteiger charge is 2.50. The summed E-state index contributed by atoms with van der Waals surface area (Å²) in [5, 5.41) is 13.7. The highest BCUT2D eigenvalue weighted by atomic mass is 16.4. The van der Waals surface area contributed by atoms with E-state index < -0.39 is 11.5 Å². The molecule has 1 saturated carbocycles. The number of aryl methyl sites for hydroxylation is 2. The van der Waals surface area contributed by atoms with Gasteiger partial charge >= 0.3 is 5.97 Å². The molecule has 0 amide bonds. The number of rotatable bonds is 3. The Bertz CT molecular complexity index is 407. The molecular weight excluding hydrogens is 192 g/mol. The van der Waals surface area contributed by atoms with Gasteiger partial charge in [0.15, 0.2) is 5.54 Å². The lowest BCUT2D eigenvalue weighted by Gasteiger charge is -2.26. The van der Waals surface area contributed by atoms with Crippen molar-refractivity contribution in [2.45, 2.75) is 39.2 Å². The smallest absolute Gasteiger partial charge is 0.331 e. The summed E-state index contributed by atoms with van der Waals surface area (Å²) in [6.45, 7) is 5.56. The van der Waals surface area contributed by atoms with Crippen LogP contribution >= 0.6 is 0 Å². The molecule has 0 aromatic carbocycles. The molecule has 1 fully saturated rings. The van der Waals surface area contributed by atoms with Gasteiger partial charge in [0, 0.05) is 5.69 Å². The van der Waals surface area contributed by atoms with Crippen molar-refractivity contribution >= 4 is 5.97 Å². The summed E-state index contributed by atoms with van der Waals surface area (Å²) < 4.78 is 1.67. The molecule has 1 aromatic rings. The predicted molar refractivity (Wildman–Crippen MR) is 55.7 cm³/mol. The van der Waals surface area contributed by atoms with E-state index in [0.717, 1.165) is 24.2 Å². The van der Waals surface area contributed by atoms with E-state index in [1.807, 2.05) is 19.9 Å². The van der Waals surface area contributed by atoms with Gasteiger partial charge in [-0.25, -0.2) is 4.79 Å². The van der Waals surface area contributed by atoms with Crippen LogP contribution in [0.1, 0.15) is 31.2 Å². The second-order valence-electron chi connectivity index (χ2n) is 4.57. The molecule has 2 rings (SSSR count). The second-order valence-corrected chi connectivity index (χ2v) is 4.57. The Kier molecular flexibility index (Phi) is 2.10. The molecular formula is C11H16N2O2. The van der Waals surface area contributed by atoms with E-state index in [1.165, 1.54) is 0 Å². The minimum atomic E-state index is -0.863. The van der Waals surface area contributed by atoms with Crippen LogP contribution in [0.25, 0.3) is 0 Å². The fourth-order valence-corrected chi connectivity index (χ4v) is 2.18. The Labute approximate surface area is 88.9 Å². The highest BCUT2D eigenvalue weighted by molar-refractivity contribution is 5.77. The molecule has 1 atom stereocenters. The summed E-state index contributed by atoms with van der Waals surface area (Å²) in [7, 11) is 0. The minimum absolute atomic E-state index is 0.230. The zero-order valence-corrected chi connectivity index (χ0v) is 9.32. The Morgan fingerprint density at radius 1 is 1.60 bits per heavy atom. The van der Waals surface area contributed by atoms with Crippen molar-refractivity contribution in [1.82, 2.24) is 9.78 Å². The van der Waals surface area contributed by atoms with Crippen molar-refractivity contribution in [2.75, 3.05) is 0 Å². The molecule has 0 spiro atoms. The average molecular weight is 208 g/mol. The topological polar surface area (TPSA) is 55.1 Å². The van der Waals surface area contributed by atoms with E-state index >= 15 is 0 Å². The zero-order valence-electron chi connectivity index (χ0n) is 9.32. The van der Waals surface area contributed by atoms with Crippen LogP contribution in [0.15, 0.2) is 6.07 Å². The van der Waals surface area contributed by atoms with Gasteiger partial charge in [-0.2, -0.15) is 5.10 Å². The molecule has 1 unspecified atom stereocenters. The first-order chi connectivity index (χ1) is 6.96. The SMILES string of the molecule is Cc1cc(C)n(C(C)(C(=O)O)C2CC2)n1. The highest BCUT2D eigenvalue weighted by Crippen LogP contribution is 2.44. The Morgan fingerprint density at radius 3 is 2.53 bits per heavy atom. The maximum atomic E-state index is 11.4. The number of carbonyl (C=O) groups is 1. The summed E-state index contributed by atoms with van der Waals surface area (Å²) in [6, 6.07) is 1.92. The average Bonchev–Trinajstić information content (AvgIpc) is 2.91. The molecule has 0 radical (unpaired) electrons. The fourth-order valence-electron chi connectivity index (χ4n) is 2.18. The van der Waals surface area contributed by atoms with E-state index in [4.69, 9.17) is 0 Å². The van der Waals surface area contributed by atoms with Gasteiger partial charge in [0.05, 0.1) is 5.69 Å². The third-order valence-electron chi connectivity index (χ3n) is 3.25. The van der Waals surface area contributed by atoms with E-state index in [0.29, 0.717) is 0 Å². The summed E-state index contributed by atoms with van der Waals surface area (Å²) in [4.78, 5) is 11.4. The molecule has 4 nitrogen and oxygen atoms in total. The van der Waals surface area contributed by atoms with Crippen molar-refractivity contribution in [3.8, 4) is 0 Å². The first-order valence-corrected chi connectivity index (χ1v) is 5.23. The third kappa shape index (κ3) is 1.44. The van der Waals surface area contributed by atoms with Crippen LogP contribution in [0.4, 0.5) is 0 Å². The number of carboxylic acid groups (broad SMARTS) is 1. The number of nitrogens with zero attached hydrogens (tertiary/aromatic N) is 2. The van der Waals surface area contributed by atoms with Gasteiger partial charge in [0.2, 0.25) is 0 Å². The van der Waals surface area contributed by atoms with Crippen molar-refractivity contribution in [1.29, 1.82) is 0 Å². The minimum Gasteiger partial charge on any atom is -0.479 e. The van der Waals surface area contributed by atoms with Crippen LogP contribution in [0.3, 0.4) is 0 Å². The molecule has 15 heavy (non-hydrogen) atoms. The molecule has 0 saturated heterocycles. The summed E-state index contributed by atoms with van der Waals surface area (Å²) in [5.41, 5.74) is 0.933. The molecule has 0 aliphatic heterocycles. The molecule has 1 aliphatic rings. The van der Waals surface area contributed by atoms with Crippen molar-refractivity contribution in [3.63, 3.8) is 0 Å². The lowest BCUT2D eigenvalue weighted by Crippen LogP contribution is -2.42. The maximum absolute atomic E-state index is 11.4. The summed E-state index contributed by atoms with van der Waals surface area (Å²) in [6.07, 6.45) is 1.97. The number of hydrogen-bond donors (Lipinski definition) is 1. The van der Waals surface area contributed by atoms with Crippen molar-refractivity contribution in [3.05, 3.63) is 17.5 Å². The summed E-state index contributed by atoms with van der Waals surface area (Å²) >= 11 is 0. The normalized spacial score (nSPS) is 19.9. The molecule has 1 aliphatic carbocycles. The van der Waals surface area contributed by atoms with E-state index in [9.17, 15) is 9.90 Å². The van der Waals surface area contributed by atoms with Gasteiger partial charge in [0.1, 0.15) is 0 Å². The lowest BCUT2D eigenvalue weighted by atomic mass is 9.96. The fraction of sp³-hybridized carbons (Fsp3) is 0.636. The van der Waals surface area contributed by atoms with Gasteiger partial charge in [-0.05, 0) is 45.6 Å². The summed E-state index contributed by atoms with van der Waals surface area (Å²) in [5.74, 6) is -0.552. The molecule has 82 valence electrons. The quantitative estimate of drug-likeness (QED) is 0.822. The molecule has 1 N–H and O–H groups in total. The van der Waals surface area contributed by atoms with Crippen LogP contribution in [0, 0.1) is 19.8 Å². The monoisotopic (exact) mass is 208 g/mol. The Hall–Kier alpha value is -1.32. The number of hydrogen-bond acceptors (Lipinski definition) is 2. The molecule has 4 heteroatoms. The lowest BCUT2D eigenvalue weighted by molar-refractivity contribution is -0.148. The van der Waals surface area contributed by atoms with Crippen LogP contribution < -0.4 is 0 Å². The Morgan fingerprint density at radius 2 is 2.20 bits per heavy atom. The standard InChI is InChI=1S/C11H16N2O2/c1-7-6-8(2)13(12-7)11(3,10(14)15)9-4-5-9/h6,9H,4-5H2,1-3H3,(H,14,15). The van der Waals surface area contributed by atoms with Crippen LogP contribution in [-0.4, -0.2) is 20.9 Å². The van der Waals surface area contributed by atoms with E-state index in [2.05, 4.69) is 5.10 Å². The molecule has 0 bridgehead atoms. The Balaban J connectivity index is 2.49. The van der Waals surface area contributed by atoms with Gasteiger partial charge in [-0.3, -0.25) is 4.68 Å². The predicted octanol–water partition coefficient (Wildman–Crippen LogP) is 1.71. The van der Waals surface area contributed by atoms with Crippen molar-refractivity contribution in [2.24, 2.45) is 5.92 Å². The number of carboxylic acids is 1. The van der Waals surface area contributed by atoms with E-state index in [-0.39, 0.29) is 5.92 Å². The van der Waals surface area contributed by atoms with Crippen LogP contribution in [-0.2, 0) is 10.3 Å². The van der Waals surface area contributed by atoms with Gasteiger partial charge < -0.3 is 5.11 Å². The largest absolute Gasteiger partial charge is 0.479 e. The molecule has 1 heterocycles. The first kappa shape index (κ1) is 10.2. The van der Waals surface area contributed by atoms with Gasteiger partial charge in [-0.15, -0.1) is 0 Å². The second kappa shape index (κ2) is 3.08. The van der Waals surface area contributed by atoms with Gasteiger partial charge in [-0.1, -0.05) is 0 Å². The van der Waals surface area contributed by atoms with E-state index in [1.54, 1.807) is 11.6 Å². The number of aromatic nitrogens is 2. The molecule has 1 aromatic heterocycles. The van der Waals surface area contributed by atoms with Gasteiger partial charge in [0.25, 0.3) is 0 Å². The number of aliphatic carboxylic acids is 1. The van der Waals surface area contributed by atoms with Crippen LogP contribution in [0.5, 0.6) is 0 Å². The zero-order chi connectivity index (χ0) is 11.2. The van der Waals surface area contributed by atoms with Crippen LogP contribution in [0.2, 0.25) is 0 Å². The maximum Gasteiger partial charge on any atom is 0.331 e.